The normalized spacial score (nSPS) is 12.4. The molecule has 2 N–H and O–H groups in total. The minimum absolute atomic E-state index is 0.239. The van der Waals surface area contributed by atoms with Gasteiger partial charge in [-0.25, -0.2) is 9.37 Å². The minimum Gasteiger partial charge on any atom is -0.389 e. The summed E-state index contributed by atoms with van der Waals surface area (Å²) in [6.45, 7) is 3.58. The first-order chi connectivity index (χ1) is 9.99. The average molecular weight is 308 g/mol. The number of aromatic nitrogens is 2. The number of hydrogen-bond donors (Lipinski definition) is 2. The first-order valence-corrected chi connectivity index (χ1v) is 7.57. The van der Waals surface area contributed by atoms with Gasteiger partial charge in [0, 0.05) is 11.8 Å². The Morgan fingerprint density at radius 2 is 2.19 bits per heavy atom. The van der Waals surface area contributed by atoms with Crippen LogP contribution in [-0.2, 0) is 6.42 Å². The van der Waals surface area contributed by atoms with E-state index in [1.165, 1.54) is 12.1 Å². The summed E-state index contributed by atoms with van der Waals surface area (Å²) in [6.07, 6.45) is 0.878. The summed E-state index contributed by atoms with van der Waals surface area (Å²) in [5, 5.41) is 9.80. The lowest BCUT2D eigenvalue weighted by atomic mass is 10.1. The number of aliphatic hydroxyl groups is 1. The molecule has 0 bridgehead atoms. The van der Waals surface area contributed by atoms with Crippen molar-refractivity contribution in [2.75, 3.05) is 0 Å². The van der Waals surface area contributed by atoms with E-state index >= 15 is 0 Å². The van der Waals surface area contributed by atoms with E-state index in [0.717, 1.165) is 18.2 Å². The van der Waals surface area contributed by atoms with Crippen molar-refractivity contribution in [1.29, 1.82) is 0 Å². The Labute approximate surface area is 126 Å². The number of aliphatic hydroxyl groups excluding tert-OH is 1. The van der Waals surface area contributed by atoms with Crippen LogP contribution < -0.4 is 5.56 Å². The van der Waals surface area contributed by atoms with Crippen LogP contribution in [0.15, 0.2) is 39.1 Å². The standard InChI is InChI=1S/C15H17FN2O2S/c1-3-4-11-8-14(20)18-15(17-11)21-13-6-5-10(9(2)19)7-12(13)16/h5-9,19H,3-4H2,1-2H3,(H,17,18,20)/t9-/m0/s1. The van der Waals surface area contributed by atoms with Gasteiger partial charge in [0.15, 0.2) is 5.16 Å². The van der Waals surface area contributed by atoms with Crippen molar-refractivity contribution in [3.63, 3.8) is 0 Å². The van der Waals surface area contributed by atoms with E-state index in [0.29, 0.717) is 27.7 Å². The Kier molecular flexibility index (Phi) is 5.14. The van der Waals surface area contributed by atoms with Crippen molar-refractivity contribution in [3.05, 3.63) is 51.7 Å². The molecular formula is C15H17FN2O2S. The van der Waals surface area contributed by atoms with Gasteiger partial charge < -0.3 is 10.1 Å². The number of H-pyrrole nitrogens is 1. The molecule has 0 amide bonds. The Morgan fingerprint density at radius 1 is 1.43 bits per heavy atom. The molecule has 2 rings (SSSR count). The van der Waals surface area contributed by atoms with Crippen molar-refractivity contribution in [2.24, 2.45) is 0 Å². The molecule has 0 aliphatic heterocycles. The fourth-order valence-electron chi connectivity index (χ4n) is 1.88. The highest BCUT2D eigenvalue weighted by molar-refractivity contribution is 7.99. The smallest absolute Gasteiger partial charge is 0.251 e. The van der Waals surface area contributed by atoms with Crippen LogP contribution in [0.25, 0.3) is 0 Å². The van der Waals surface area contributed by atoms with Crippen molar-refractivity contribution in [1.82, 2.24) is 9.97 Å². The largest absolute Gasteiger partial charge is 0.389 e. The molecule has 0 radical (unpaired) electrons. The maximum absolute atomic E-state index is 14.0. The second-order valence-electron chi connectivity index (χ2n) is 4.76. The minimum atomic E-state index is -0.718. The van der Waals surface area contributed by atoms with E-state index in [9.17, 15) is 14.3 Å². The Balaban J connectivity index is 2.27. The van der Waals surface area contributed by atoms with Gasteiger partial charge in [0.1, 0.15) is 5.82 Å². The van der Waals surface area contributed by atoms with Crippen LogP contribution >= 0.6 is 11.8 Å². The van der Waals surface area contributed by atoms with Crippen LogP contribution in [0.1, 0.15) is 37.6 Å². The molecule has 0 fully saturated rings. The van der Waals surface area contributed by atoms with Crippen LogP contribution in [0.3, 0.4) is 0 Å². The quantitative estimate of drug-likeness (QED) is 0.833. The Bertz CT molecular complexity index is 686. The molecular weight excluding hydrogens is 291 g/mol. The summed E-state index contributed by atoms with van der Waals surface area (Å²) >= 11 is 1.07. The highest BCUT2D eigenvalue weighted by Crippen LogP contribution is 2.28. The highest BCUT2D eigenvalue weighted by atomic mass is 32.2. The van der Waals surface area contributed by atoms with E-state index in [4.69, 9.17) is 0 Å². The summed E-state index contributed by atoms with van der Waals surface area (Å²) in [4.78, 5) is 18.8. The molecule has 0 spiro atoms. The van der Waals surface area contributed by atoms with Gasteiger partial charge in [0.25, 0.3) is 5.56 Å². The predicted octanol–water partition coefficient (Wildman–Crippen LogP) is 3.07. The van der Waals surface area contributed by atoms with Gasteiger partial charge in [-0.15, -0.1) is 0 Å². The van der Waals surface area contributed by atoms with Crippen molar-refractivity contribution in [2.45, 2.75) is 42.8 Å². The second kappa shape index (κ2) is 6.87. The Morgan fingerprint density at radius 3 is 2.81 bits per heavy atom. The fourth-order valence-corrected chi connectivity index (χ4v) is 2.70. The van der Waals surface area contributed by atoms with Gasteiger partial charge in [-0.1, -0.05) is 19.4 Å². The van der Waals surface area contributed by atoms with Crippen molar-refractivity contribution < 1.29 is 9.50 Å². The zero-order valence-corrected chi connectivity index (χ0v) is 12.7. The van der Waals surface area contributed by atoms with Crippen molar-refractivity contribution >= 4 is 11.8 Å². The van der Waals surface area contributed by atoms with Gasteiger partial charge in [-0.2, -0.15) is 0 Å². The fraction of sp³-hybridized carbons (Fsp3) is 0.333. The zero-order chi connectivity index (χ0) is 15.4. The van der Waals surface area contributed by atoms with Gasteiger partial charge >= 0.3 is 0 Å². The zero-order valence-electron chi connectivity index (χ0n) is 11.9. The number of nitrogens with zero attached hydrogens (tertiary/aromatic N) is 1. The molecule has 0 saturated carbocycles. The molecule has 0 unspecified atom stereocenters. The number of nitrogens with one attached hydrogen (secondary N) is 1. The number of halogens is 1. The first-order valence-electron chi connectivity index (χ1n) is 6.75. The summed E-state index contributed by atoms with van der Waals surface area (Å²) in [6, 6.07) is 5.99. The number of benzene rings is 1. The molecule has 2 aromatic rings. The van der Waals surface area contributed by atoms with Gasteiger partial charge in [-0.3, -0.25) is 4.79 Å². The third-order valence-electron chi connectivity index (χ3n) is 2.92. The Hall–Kier alpha value is -1.66. The molecule has 0 saturated heterocycles. The molecule has 1 aromatic heterocycles. The second-order valence-corrected chi connectivity index (χ2v) is 5.79. The molecule has 1 aromatic carbocycles. The number of hydrogen-bond acceptors (Lipinski definition) is 4. The molecule has 21 heavy (non-hydrogen) atoms. The SMILES string of the molecule is CCCc1cc(=O)[nH]c(Sc2ccc([C@H](C)O)cc2F)n1. The summed E-state index contributed by atoms with van der Waals surface area (Å²) < 4.78 is 14.0. The maximum atomic E-state index is 14.0. The first kappa shape index (κ1) is 15.7. The molecule has 1 heterocycles. The van der Waals surface area contributed by atoms with Gasteiger partial charge in [0.05, 0.1) is 11.0 Å². The molecule has 112 valence electrons. The monoisotopic (exact) mass is 308 g/mol. The predicted molar refractivity (Wildman–Crippen MR) is 80.0 cm³/mol. The molecule has 6 heteroatoms. The van der Waals surface area contributed by atoms with Gasteiger partial charge in [0.2, 0.25) is 0 Å². The molecule has 0 aliphatic rings. The topological polar surface area (TPSA) is 66.0 Å². The third kappa shape index (κ3) is 4.15. The summed E-state index contributed by atoms with van der Waals surface area (Å²) in [5.74, 6) is -0.443. The van der Waals surface area contributed by atoms with Crippen LogP contribution in [0, 0.1) is 5.82 Å². The molecule has 1 atom stereocenters. The van der Waals surface area contributed by atoms with Crippen LogP contribution in [-0.4, -0.2) is 15.1 Å². The summed E-state index contributed by atoms with van der Waals surface area (Å²) in [7, 11) is 0. The van der Waals surface area contributed by atoms with E-state index < -0.39 is 11.9 Å². The third-order valence-corrected chi connectivity index (χ3v) is 3.86. The number of aryl methyl sites for hydroxylation is 1. The number of aromatic amines is 1. The number of rotatable bonds is 5. The van der Waals surface area contributed by atoms with E-state index in [2.05, 4.69) is 9.97 Å². The lowest BCUT2D eigenvalue weighted by molar-refractivity contribution is 0.198. The van der Waals surface area contributed by atoms with Crippen LogP contribution in [0.5, 0.6) is 0 Å². The lowest BCUT2D eigenvalue weighted by Crippen LogP contribution is -2.09. The summed E-state index contributed by atoms with van der Waals surface area (Å²) in [5.41, 5.74) is 0.972. The highest BCUT2D eigenvalue weighted by Gasteiger charge is 2.10. The molecule has 4 nitrogen and oxygen atoms in total. The van der Waals surface area contributed by atoms with E-state index in [1.54, 1.807) is 19.1 Å². The maximum Gasteiger partial charge on any atom is 0.251 e. The van der Waals surface area contributed by atoms with Crippen LogP contribution in [0.2, 0.25) is 0 Å². The lowest BCUT2D eigenvalue weighted by Gasteiger charge is -2.08. The van der Waals surface area contributed by atoms with E-state index in [1.807, 2.05) is 6.92 Å². The van der Waals surface area contributed by atoms with Gasteiger partial charge in [-0.05, 0) is 42.8 Å². The van der Waals surface area contributed by atoms with E-state index in [-0.39, 0.29) is 5.56 Å². The molecule has 0 aliphatic carbocycles. The van der Waals surface area contributed by atoms with Crippen LogP contribution in [0.4, 0.5) is 4.39 Å². The average Bonchev–Trinajstić information content (AvgIpc) is 2.40. The van der Waals surface area contributed by atoms with Crippen molar-refractivity contribution in [3.8, 4) is 0 Å².